The predicted molar refractivity (Wildman–Crippen MR) is 115 cm³/mol. The van der Waals surface area contributed by atoms with Crippen molar-refractivity contribution in [1.82, 2.24) is 5.32 Å². The van der Waals surface area contributed by atoms with Gasteiger partial charge in [-0.25, -0.2) is 0 Å². The molecule has 2 aromatic rings. The molecular weight excluding hydrogens is 364 g/mol. The first kappa shape index (κ1) is 19.4. The van der Waals surface area contributed by atoms with Gasteiger partial charge in [-0.1, -0.05) is 43.3 Å². The summed E-state index contributed by atoms with van der Waals surface area (Å²) in [5, 5.41) is 17.4. The molecule has 1 aliphatic carbocycles. The summed E-state index contributed by atoms with van der Waals surface area (Å²) in [6.45, 7) is 4.06. The molecule has 0 aromatic heterocycles. The van der Waals surface area contributed by atoms with Gasteiger partial charge >= 0.3 is 0 Å². The van der Waals surface area contributed by atoms with E-state index in [2.05, 4.69) is 35.8 Å². The van der Waals surface area contributed by atoms with Crippen molar-refractivity contribution in [3.8, 4) is 11.5 Å². The van der Waals surface area contributed by atoms with Crippen LogP contribution in [0, 0.1) is 5.92 Å². The molecule has 0 saturated heterocycles. The SMILES string of the molecule is CCC(C)NC(=O)c1cccc2c1NC(c1cccc(OC)c1O)C1CC=CC21. The molecule has 4 rings (SSSR count). The summed E-state index contributed by atoms with van der Waals surface area (Å²) in [5.41, 5.74) is 3.44. The first-order valence-corrected chi connectivity index (χ1v) is 10.3. The van der Waals surface area contributed by atoms with Crippen molar-refractivity contribution in [3.05, 3.63) is 65.2 Å². The number of hydrogen-bond acceptors (Lipinski definition) is 4. The number of carbonyl (C=O) groups excluding carboxylic acids is 1. The fourth-order valence-electron chi connectivity index (χ4n) is 4.48. The second kappa shape index (κ2) is 7.82. The molecule has 2 aromatic carbocycles. The summed E-state index contributed by atoms with van der Waals surface area (Å²) in [5.74, 6) is 1.02. The van der Waals surface area contributed by atoms with Crippen molar-refractivity contribution in [2.24, 2.45) is 5.92 Å². The van der Waals surface area contributed by atoms with Crippen LogP contribution in [0.1, 0.15) is 60.1 Å². The Morgan fingerprint density at radius 1 is 1.28 bits per heavy atom. The predicted octanol–water partition coefficient (Wildman–Crippen LogP) is 4.76. The summed E-state index contributed by atoms with van der Waals surface area (Å²) in [6.07, 6.45) is 6.22. The van der Waals surface area contributed by atoms with E-state index in [4.69, 9.17) is 4.74 Å². The minimum absolute atomic E-state index is 0.0715. The van der Waals surface area contributed by atoms with E-state index in [0.29, 0.717) is 11.3 Å². The van der Waals surface area contributed by atoms with E-state index >= 15 is 0 Å². The molecule has 1 amide bonds. The highest BCUT2D eigenvalue weighted by atomic mass is 16.5. The van der Waals surface area contributed by atoms with Gasteiger partial charge < -0.3 is 20.5 Å². The van der Waals surface area contributed by atoms with Crippen LogP contribution in [0.25, 0.3) is 0 Å². The van der Waals surface area contributed by atoms with Crippen molar-refractivity contribution in [1.29, 1.82) is 0 Å². The molecule has 0 bridgehead atoms. The maximum atomic E-state index is 13.0. The molecule has 29 heavy (non-hydrogen) atoms. The average Bonchev–Trinajstić information content (AvgIpc) is 3.23. The standard InChI is InChI=1S/C24H28N2O3/c1-4-14(2)25-24(28)19-12-6-10-17-15-8-5-9-16(15)21(26-22(17)19)18-11-7-13-20(29-3)23(18)27/h5-8,10-16,21,26-27H,4,9H2,1-3H3,(H,25,28). The number of anilines is 1. The van der Waals surface area contributed by atoms with Crippen LogP contribution < -0.4 is 15.4 Å². The maximum Gasteiger partial charge on any atom is 0.253 e. The van der Waals surface area contributed by atoms with E-state index in [9.17, 15) is 9.90 Å². The van der Waals surface area contributed by atoms with Crippen molar-refractivity contribution >= 4 is 11.6 Å². The molecule has 152 valence electrons. The minimum atomic E-state index is -0.116. The molecule has 2 aliphatic rings. The quantitative estimate of drug-likeness (QED) is 0.642. The lowest BCUT2D eigenvalue weighted by Crippen LogP contribution is -2.35. The molecule has 4 atom stereocenters. The van der Waals surface area contributed by atoms with Crippen LogP contribution in [0.4, 0.5) is 5.69 Å². The lowest BCUT2D eigenvalue weighted by molar-refractivity contribution is 0.0939. The molecule has 5 nitrogen and oxygen atoms in total. The van der Waals surface area contributed by atoms with Crippen LogP contribution in [0.2, 0.25) is 0 Å². The molecule has 4 unspecified atom stereocenters. The van der Waals surface area contributed by atoms with Gasteiger partial charge in [-0.2, -0.15) is 0 Å². The minimum Gasteiger partial charge on any atom is -0.504 e. The van der Waals surface area contributed by atoms with E-state index in [-0.39, 0.29) is 35.6 Å². The number of phenols is 1. The van der Waals surface area contributed by atoms with Crippen molar-refractivity contribution < 1.29 is 14.6 Å². The highest BCUT2D eigenvalue weighted by molar-refractivity contribution is 6.01. The number of benzene rings is 2. The van der Waals surface area contributed by atoms with E-state index < -0.39 is 0 Å². The van der Waals surface area contributed by atoms with Gasteiger partial charge in [0.1, 0.15) is 0 Å². The van der Waals surface area contributed by atoms with Gasteiger partial charge in [0.15, 0.2) is 11.5 Å². The number of aromatic hydroxyl groups is 1. The van der Waals surface area contributed by atoms with E-state index in [1.165, 1.54) is 0 Å². The third-order valence-electron chi connectivity index (χ3n) is 6.22. The number of allylic oxidation sites excluding steroid dienone is 2. The number of ether oxygens (including phenoxy) is 1. The number of carbonyl (C=O) groups is 1. The van der Waals surface area contributed by atoms with Gasteiger partial charge in [0, 0.05) is 17.5 Å². The molecule has 0 radical (unpaired) electrons. The van der Waals surface area contributed by atoms with Crippen molar-refractivity contribution in [3.63, 3.8) is 0 Å². The summed E-state index contributed by atoms with van der Waals surface area (Å²) >= 11 is 0. The highest BCUT2D eigenvalue weighted by Crippen LogP contribution is 2.52. The van der Waals surface area contributed by atoms with Gasteiger partial charge in [0.25, 0.3) is 5.91 Å². The number of hydrogen-bond donors (Lipinski definition) is 3. The Bertz CT molecular complexity index is 953. The van der Waals surface area contributed by atoms with E-state index in [1.54, 1.807) is 13.2 Å². The monoisotopic (exact) mass is 392 g/mol. The number of para-hydroxylation sites is 2. The van der Waals surface area contributed by atoms with Gasteiger partial charge in [-0.3, -0.25) is 4.79 Å². The lowest BCUT2D eigenvalue weighted by atomic mass is 9.76. The van der Waals surface area contributed by atoms with Gasteiger partial charge in [-0.15, -0.1) is 0 Å². The Labute approximate surface area is 171 Å². The normalized spacial score (nSPS) is 22.9. The molecule has 3 N–H and O–H groups in total. The van der Waals surface area contributed by atoms with E-state index in [0.717, 1.165) is 29.7 Å². The Kier molecular flexibility index (Phi) is 5.22. The number of nitrogens with one attached hydrogen (secondary N) is 2. The van der Waals surface area contributed by atoms with Crippen LogP contribution >= 0.6 is 0 Å². The summed E-state index contributed by atoms with van der Waals surface area (Å²) in [4.78, 5) is 13.0. The van der Waals surface area contributed by atoms with Gasteiger partial charge in [0.2, 0.25) is 0 Å². The van der Waals surface area contributed by atoms with Crippen LogP contribution in [-0.2, 0) is 0 Å². The van der Waals surface area contributed by atoms with Crippen LogP contribution in [-0.4, -0.2) is 24.2 Å². The number of phenolic OH excluding ortho intramolecular Hbond substituents is 1. The first-order valence-electron chi connectivity index (χ1n) is 10.3. The Balaban J connectivity index is 1.78. The van der Waals surface area contributed by atoms with Crippen molar-refractivity contribution in [2.45, 2.75) is 44.7 Å². The van der Waals surface area contributed by atoms with Crippen molar-refractivity contribution in [2.75, 3.05) is 12.4 Å². The molecular formula is C24H28N2O3. The molecule has 0 spiro atoms. The van der Waals surface area contributed by atoms with Crippen LogP contribution in [0.3, 0.4) is 0 Å². The highest BCUT2D eigenvalue weighted by Gasteiger charge is 2.40. The summed E-state index contributed by atoms with van der Waals surface area (Å²) in [7, 11) is 1.56. The fourth-order valence-corrected chi connectivity index (χ4v) is 4.48. The molecule has 5 heteroatoms. The smallest absolute Gasteiger partial charge is 0.253 e. The Morgan fingerprint density at radius 3 is 2.79 bits per heavy atom. The van der Waals surface area contributed by atoms with Crippen LogP contribution in [0.15, 0.2) is 48.6 Å². The first-order chi connectivity index (χ1) is 14.0. The maximum absolute atomic E-state index is 13.0. The number of amides is 1. The number of fused-ring (bicyclic) bond motifs is 3. The van der Waals surface area contributed by atoms with Gasteiger partial charge in [-0.05, 0) is 43.4 Å². The zero-order valence-corrected chi connectivity index (χ0v) is 17.1. The average molecular weight is 392 g/mol. The van der Waals surface area contributed by atoms with Gasteiger partial charge in [0.05, 0.1) is 24.4 Å². The van der Waals surface area contributed by atoms with Crippen LogP contribution in [0.5, 0.6) is 11.5 Å². The largest absolute Gasteiger partial charge is 0.504 e. The Hall–Kier alpha value is -2.95. The molecule has 0 fully saturated rings. The van der Waals surface area contributed by atoms with E-state index in [1.807, 2.05) is 31.2 Å². The second-order valence-corrected chi connectivity index (χ2v) is 7.93. The summed E-state index contributed by atoms with van der Waals surface area (Å²) in [6, 6.07) is 11.5. The zero-order chi connectivity index (χ0) is 20.5. The number of rotatable bonds is 5. The molecule has 0 saturated carbocycles. The Morgan fingerprint density at radius 2 is 2.03 bits per heavy atom. The number of methoxy groups -OCH3 is 1. The molecule has 1 heterocycles. The molecule has 1 aliphatic heterocycles. The third kappa shape index (κ3) is 3.35. The topological polar surface area (TPSA) is 70.6 Å². The lowest BCUT2D eigenvalue weighted by Gasteiger charge is -2.38. The zero-order valence-electron chi connectivity index (χ0n) is 17.1. The fraction of sp³-hybridized carbons (Fsp3) is 0.375. The second-order valence-electron chi connectivity index (χ2n) is 7.93. The summed E-state index contributed by atoms with van der Waals surface area (Å²) < 4.78 is 5.32. The third-order valence-corrected chi connectivity index (χ3v) is 6.22.